The molecule has 114 valence electrons. The van der Waals surface area contributed by atoms with Gasteiger partial charge in [0, 0.05) is 25.0 Å². The van der Waals surface area contributed by atoms with E-state index >= 15 is 0 Å². The molecule has 1 atom stereocenters. The van der Waals surface area contributed by atoms with Gasteiger partial charge in [-0.25, -0.2) is 0 Å². The van der Waals surface area contributed by atoms with E-state index in [0.717, 1.165) is 26.2 Å². The van der Waals surface area contributed by atoms with E-state index in [1.54, 1.807) is 0 Å². The summed E-state index contributed by atoms with van der Waals surface area (Å²) in [5, 5.41) is 13.4. The molecule has 0 bridgehead atoms. The van der Waals surface area contributed by atoms with Gasteiger partial charge in [-0.05, 0) is 18.7 Å². The number of hydrogen-bond acceptors (Lipinski definition) is 3. The van der Waals surface area contributed by atoms with Crippen molar-refractivity contribution in [3.8, 4) is 0 Å². The number of aliphatic hydroxyl groups excluding tert-OH is 1. The molecule has 0 aliphatic carbocycles. The van der Waals surface area contributed by atoms with Gasteiger partial charge in [0.15, 0.2) is 0 Å². The minimum atomic E-state index is -0.304. The van der Waals surface area contributed by atoms with Crippen molar-refractivity contribution in [2.24, 2.45) is 0 Å². The van der Waals surface area contributed by atoms with E-state index in [1.807, 2.05) is 6.07 Å². The lowest BCUT2D eigenvalue weighted by Crippen LogP contribution is -2.41. The third-order valence-electron chi connectivity index (χ3n) is 3.87. The Hall–Kier alpha value is -0.900. The summed E-state index contributed by atoms with van der Waals surface area (Å²) >= 11 is 0. The van der Waals surface area contributed by atoms with Crippen LogP contribution >= 0.6 is 0 Å². The second-order valence-electron chi connectivity index (χ2n) is 6.02. The monoisotopic (exact) mass is 278 g/mol. The first-order chi connectivity index (χ1) is 9.49. The van der Waals surface area contributed by atoms with Gasteiger partial charge in [0.1, 0.15) is 0 Å². The van der Waals surface area contributed by atoms with Crippen molar-refractivity contribution in [2.45, 2.75) is 39.2 Å². The zero-order chi connectivity index (χ0) is 15.0. The smallest absolute Gasteiger partial charge is 0.0791 e. The Balaban J connectivity index is 2.36. The zero-order valence-electron chi connectivity index (χ0n) is 13.4. The number of hydrogen-bond donors (Lipinski definition) is 2. The van der Waals surface area contributed by atoms with Crippen molar-refractivity contribution >= 4 is 0 Å². The van der Waals surface area contributed by atoms with Gasteiger partial charge in [-0.15, -0.1) is 0 Å². The Bertz CT molecular complexity index is 361. The maximum absolute atomic E-state index is 10.0. The van der Waals surface area contributed by atoms with Gasteiger partial charge in [0.05, 0.1) is 6.10 Å². The first-order valence-electron chi connectivity index (χ1n) is 7.66. The van der Waals surface area contributed by atoms with Gasteiger partial charge in [0.2, 0.25) is 0 Å². The largest absolute Gasteiger partial charge is 0.390 e. The van der Waals surface area contributed by atoms with E-state index < -0.39 is 0 Å². The van der Waals surface area contributed by atoms with Gasteiger partial charge in [-0.2, -0.15) is 0 Å². The second-order valence-corrected chi connectivity index (χ2v) is 6.02. The predicted octanol–water partition coefficient (Wildman–Crippen LogP) is 2.26. The minimum Gasteiger partial charge on any atom is -0.390 e. The summed E-state index contributed by atoms with van der Waals surface area (Å²) in [6, 6.07) is 10.5. The molecule has 0 aliphatic rings. The van der Waals surface area contributed by atoms with Crippen LogP contribution in [-0.4, -0.2) is 48.8 Å². The highest BCUT2D eigenvalue weighted by molar-refractivity contribution is 5.23. The van der Waals surface area contributed by atoms with Crippen molar-refractivity contribution in [3.05, 3.63) is 35.9 Å². The summed E-state index contributed by atoms with van der Waals surface area (Å²) in [7, 11) is 0. The van der Waals surface area contributed by atoms with E-state index in [0.29, 0.717) is 6.54 Å². The lowest BCUT2D eigenvalue weighted by molar-refractivity contribution is 0.115. The maximum Gasteiger partial charge on any atom is 0.0791 e. The summed E-state index contributed by atoms with van der Waals surface area (Å²) in [6.07, 6.45) is -0.304. The zero-order valence-corrected chi connectivity index (χ0v) is 13.4. The van der Waals surface area contributed by atoms with Gasteiger partial charge in [-0.3, -0.25) is 0 Å². The summed E-state index contributed by atoms with van der Waals surface area (Å²) in [6.45, 7) is 12.9. The first-order valence-corrected chi connectivity index (χ1v) is 7.66. The standard InChI is InChI=1S/C17H30N2O/c1-5-19(6-2)13-16(20)12-18-14-17(3,4)15-10-8-7-9-11-15/h7-11,16,18,20H,5-6,12-14H2,1-4H3. The molecule has 20 heavy (non-hydrogen) atoms. The number of rotatable bonds is 9. The van der Waals surface area contributed by atoms with Crippen LogP contribution in [0.5, 0.6) is 0 Å². The highest BCUT2D eigenvalue weighted by Gasteiger charge is 2.20. The Labute approximate surface area is 124 Å². The molecule has 0 radical (unpaired) electrons. The SMILES string of the molecule is CCN(CC)CC(O)CNCC(C)(C)c1ccccc1. The molecule has 0 amide bonds. The van der Waals surface area contributed by atoms with Crippen LogP contribution in [0.1, 0.15) is 33.3 Å². The molecule has 2 N–H and O–H groups in total. The topological polar surface area (TPSA) is 35.5 Å². The lowest BCUT2D eigenvalue weighted by Gasteiger charge is -2.27. The highest BCUT2D eigenvalue weighted by Crippen LogP contribution is 2.21. The number of benzene rings is 1. The van der Waals surface area contributed by atoms with Crippen LogP contribution in [0.15, 0.2) is 30.3 Å². The Kier molecular flexibility index (Phi) is 7.20. The Morgan fingerprint density at radius 1 is 1.15 bits per heavy atom. The molecule has 0 aliphatic heterocycles. The molecule has 0 spiro atoms. The molecule has 1 aromatic rings. The molecule has 3 heteroatoms. The van der Waals surface area contributed by atoms with Crippen LogP contribution in [0.25, 0.3) is 0 Å². The third kappa shape index (κ3) is 5.61. The summed E-state index contributed by atoms with van der Waals surface area (Å²) < 4.78 is 0. The van der Waals surface area contributed by atoms with Crippen LogP contribution in [-0.2, 0) is 5.41 Å². The molecular formula is C17H30N2O. The normalized spacial score (nSPS) is 13.7. The first kappa shape index (κ1) is 17.2. The van der Waals surface area contributed by atoms with Crippen molar-refractivity contribution in [1.82, 2.24) is 10.2 Å². The van der Waals surface area contributed by atoms with Crippen LogP contribution in [0.3, 0.4) is 0 Å². The molecule has 1 rings (SSSR count). The predicted molar refractivity (Wildman–Crippen MR) is 86.1 cm³/mol. The quantitative estimate of drug-likeness (QED) is 0.727. The van der Waals surface area contributed by atoms with Gasteiger partial charge < -0.3 is 15.3 Å². The minimum absolute atomic E-state index is 0.0795. The van der Waals surface area contributed by atoms with E-state index in [-0.39, 0.29) is 11.5 Å². The third-order valence-corrected chi connectivity index (χ3v) is 3.87. The molecule has 3 nitrogen and oxygen atoms in total. The Morgan fingerprint density at radius 3 is 2.30 bits per heavy atom. The van der Waals surface area contributed by atoms with Crippen LogP contribution in [0, 0.1) is 0 Å². The van der Waals surface area contributed by atoms with Gasteiger partial charge >= 0.3 is 0 Å². The summed E-state index contributed by atoms with van der Waals surface area (Å²) in [5.41, 5.74) is 1.40. The fraction of sp³-hybridized carbons (Fsp3) is 0.647. The molecule has 0 saturated heterocycles. The second kappa shape index (κ2) is 8.40. The van der Waals surface area contributed by atoms with Crippen molar-refractivity contribution in [1.29, 1.82) is 0 Å². The van der Waals surface area contributed by atoms with E-state index in [4.69, 9.17) is 0 Å². The molecule has 0 fully saturated rings. The Morgan fingerprint density at radius 2 is 1.75 bits per heavy atom. The van der Waals surface area contributed by atoms with Gasteiger partial charge in [0.25, 0.3) is 0 Å². The van der Waals surface area contributed by atoms with Crippen molar-refractivity contribution < 1.29 is 5.11 Å². The number of aliphatic hydroxyl groups is 1. The van der Waals surface area contributed by atoms with Crippen LogP contribution in [0.4, 0.5) is 0 Å². The molecule has 1 unspecified atom stereocenters. The average molecular weight is 278 g/mol. The van der Waals surface area contributed by atoms with E-state index in [2.05, 4.69) is 62.2 Å². The molecule has 1 aromatic carbocycles. The number of likely N-dealkylation sites (N-methyl/N-ethyl adjacent to an activating group) is 1. The van der Waals surface area contributed by atoms with Gasteiger partial charge in [-0.1, -0.05) is 58.0 Å². The molecular weight excluding hydrogens is 248 g/mol. The fourth-order valence-electron chi connectivity index (χ4n) is 2.39. The highest BCUT2D eigenvalue weighted by atomic mass is 16.3. The van der Waals surface area contributed by atoms with E-state index in [1.165, 1.54) is 5.56 Å². The fourth-order valence-corrected chi connectivity index (χ4v) is 2.39. The summed E-state index contributed by atoms with van der Waals surface area (Å²) in [5.74, 6) is 0. The van der Waals surface area contributed by atoms with E-state index in [9.17, 15) is 5.11 Å². The number of nitrogens with one attached hydrogen (secondary N) is 1. The van der Waals surface area contributed by atoms with Crippen LogP contribution < -0.4 is 5.32 Å². The maximum atomic E-state index is 10.0. The molecule has 0 aromatic heterocycles. The molecule has 0 saturated carbocycles. The lowest BCUT2D eigenvalue weighted by atomic mass is 9.84. The van der Waals surface area contributed by atoms with Crippen molar-refractivity contribution in [2.75, 3.05) is 32.7 Å². The summed E-state index contributed by atoms with van der Waals surface area (Å²) in [4.78, 5) is 2.24. The number of nitrogens with zero attached hydrogens (tertiary/aromatic N) is 1. The van der Waals surface area contributed by atoms with Crippen molar-refractivity contribution in [3.63, 3.8) is 0 Å². The molecule has 0 heterocycles. The average Bonchev–Trinajstić information content (AvgIpc) is 2.45. The van der Waals surface area contributed by atoms with Crippen LogP contribution in [0.2, 0.25) is 0 Å².